The molecule has 6 heteroatoms. The Hall–Kier alpha value is -1.96. The molecule has 152 valence electrons. The number of guanidine groups is 1. The Morgan fingerprint density at radius 2 is 2.04 bits per heavy atom. The molecule has 0 aliphatic carbocycles. The number of nitrogens with zero attached hydrogens (tertiary/aromatic N) is 1. The van der Waals surface area contributed by atoms with Gasteiger partial charge in [-0.05, 0) is 43.0 Å². The van der Waals surface area contributed by atoms with Gasteiger partial charge >= 0.3 is 0 Å². The van der Waals surface area contributed by atoms with Gasteiger partial charge in [0.1, 0.15) is 11.5 Å². The van der Waals surface area contributed by atoms with Gasteiger partial charge in [-0.15, -0.1) is 24.0 Å². The topological polar surface area (TPSA) is 54.9 Å². The lowest BCUT2D eigenvalue weighted by atomic mass is 9.93. The molecule has 0 saturated heterocycles. The highest BCUT2D eigenvalue weighted by atomic mass is 127. The Morgan fingerprint density at radius 3 is 2.82 bits per heavy atom. The van der Waals surface area contributed by atoms with Crippen molar-refractivity contribution < 1.29 is 9.47 Å². The highest BCUT2D eigenvalue weighted by molar-refractivity contribution is 14.0. The third-order valence-corrected chi connectivity index (χ3v) is 4.94. The van der Waals surface area contributed by atoms with E-state index in [4.69, 9.17) is 9.47 Å². The quantitative estimate of drug-likeness (QED) is 0.363. The molecule has 0 bridgehead atoms. The van der Waals surface area contributed by atoms with Gasteiger partial charge in [-0.25, -0.2) is 0 Å². The molecule has 0 amide bonds. The van der Waals surface area contributed by atoms with E-state index in [1.54, 1.807) is 14.2 Å². The van der Waals surface area contributed by atoms with Crippen molar-refractivity contribution in [1.82, 2.24) is 10.6 Å². The Morgan fingerprint density at radius 1 is 1.21 bits per heavy atom. The number of fused-ring (bicyclic) bond motifs is 1. The molecule has 1 aliphatic heterocycles. The van der Waals surface area contributed by atoms with Crippen molar-refractivity contribution in [2.45, 2.75) is 25.7 Å². The normalized spacial score (nSPS) is 15.7. The molecule has 0 spiro atoms. The van der Waals surface area contributed by atoms with E-state index in [1.165, 1.54) is 16.7 Å². The van der Waals surface area contributed by atoms with Crippen LogP contribution in [-0.2, 0) is 6.42 Å². The summed E-state index contributed by atoms with van der Waals surface area (Å²) in [4.78, 5) is 4.35. The molecule has 1 aliphatic rings. The van der Waals surface area contributed by atoms with E-state index >= 15 is 0 Å². The second-order valence-corrected chi connectivity index (χ2v) is 6.82. The number of nitrogens with one attached hydrogen (secondary N) is 2. The van der Waals surface area contributed by atoms with Crippen LogP contribution in [-0.4, -0.2) is 39.8 Å². The Balaban J connectivity index is 0.00000280. The van der Waals surface area contributed by atoms with E-state index in [2.05, 4.69) is 46.8 Å². The number of hydrogen-bond acceptors (Lipinski definition) is 3. The van der Waals surface area contributed by atoms with E-state index in [9.17, 15) is 0 Å². The number of halogens is 1. The first-order valence-electron chi connectivity index (χ1n) is 9.51. The predicted octanol–water partition coefficient (Wildman–Crippen LogP) is 3.90. The van der Waals surface area contributed by atoms with Gasteiger partial charge in [0, 0.05) is 26.1 Å². The molecule has 2 N–H and O–H groups in total. The van der Waals surface area contributed by atoms with Crippen molar-refractivity contribution in [1.29, 1.82) is 0 Å². The Labute approximate surface area is 184 Å². The number of methoxy groups -OCH3 is 1. The largest absolute Gasteiger partial charge is 0.496 e. The number of ether oxygens (including phenoxy) is 2. The van der Waals surface area contributed by atoms with Crippen LogP contribution < -0.4 is 20.1 Å². The number of rotatable bonds is 6. The minimum Gasteiger partial charge on any atom is -0.496 e. The van der Waals surface area contributed by atoms with Gasteiger partial charge < -0.3 is 20.1 Å². The predicted molar refractivity (Wildman–Crippen MR) is 126 cm³/mol. The fourth-order valence-electron chi connectivity index (χ4n) is 3.49. The second kappa shape index (κ2) is 11.1. The van der Waals surface area contributed by atoms with Crippen molar-refractivity contribution in [3.8, 4) is 11.5 Å². The van der Waals surface area contributed by atoms with Crippen molar-refractivity contribution in [3.63, 3.8) is 0 Å². The van der Waals surface area contributed by atoms with Gasteiger partial charge in [0.15, 0.2) is 5.96 Å². The SMILES string of the molecule is CN=C(NCCc1cc(C)ccc1OC)NCC1CCOc2ccccc21.I. The lowest BCUT2D eigenvalue weighted by Crippen LogP contribution is -2.40. The molecule has 2 aromatic rings. The second-order valence-electron chi connectivity index (χ2n) is 6.82. The van der Waals surface area contributed by atoms with Crippen LogP contribution in [0.5, 0.6) is 11.5 Å². The summed E-state index contributed by atoms with van der Waals surface area (Å²) in [6.45, 7) is 4.50. The van der Waals surface area contributed by atoms with E-state index in [0.717, 1.165) is 50.0 Å². The van der Waals surface area contributed by atoms with Crippen LogP contribution in [0.4, 0.5) is 0 Å². The van der Waals surface area contributed by atoms with E-state index in [0.29, 0.717) is 5.92 Å². The fourth-order valence-corrected chi connectivity index (χ4v) is 3.49. The van der Waals surface area contributed by atoms with E-state index in [1.807, 2.05) is 18.2 Å². The van der Waals surface area contributed by atoms with Gasteiger partial charge in [0.05, 0.1) is 13.7 Å². The third-order valence-electron chi connectivity index (χ3n) is 4.94. The summed E-state index contributed by atoms with van der Waals surface area (Å²) < 4.78 is 11.2. The van der Waals surface area contributed by atoms with Crippen LogP contribution in [0, 0.1) is 6.92 Å². The molecular weight excluding hydrogens is 465 g/mol. The van der Waals surface area contributed by atoms with Gasteiger partial charge in [0.2, 0.25) is 0 Å². The Kier molecular flexibility index (Phi) is 8.89. The summed E-state index contributed by atoms with van der Waals surface area (Å²) in [5, 5.41) is 6.86. The monoisotopic (exact) mass is 495 g/mol. The van der Waals surface area contributed by atoms with E-state index < -0.39 is 0 Å². The minimum absolute atomic E-state index is 0. The van der Waals surface area contributed by atoms with Crippen molar-refractivity contribution in [2.24, 2.45) is 4.99 Å². The molecule has 1 heterocycles. The van der Waals surface area contributed by atoms with Crippen LogP contribution >= 0.6 is 24.0 Å². The lowest BCUT2D eigenvalue weighted by molar-refractivity contribution is 0.267. The van der Waals surface area contributed by atoms with Crippen molar-refractivity contribution in [2.75, 3.05) is 33.9 Å². The van der Waals surface area contributed by atoms with Gasteiger partial charge in [-0.1, -0.05) is 35.9 Å². The molecular formula is C22H30IN3O2. The molecule has 0 aromatic heterocycles. The zero-order valence-electron chi connectivity index (χ0n) is 16.8. The average Bonchev–Trinajstić information content (AvgIpc) is 2.70. The summed E-state index contributed by atoms with van der Waals surface area (Å²) >= 11 is 0. The lowest BCUT2D eigenvalue weighted by Gasteiger charge is -2.26. The minimum atomic E-state index is 0. The van der Waals surface area contributed by atoms with Crippen LogP contribution in [0.1, 0.15) is 29.0 Å². The van der Waals surface area contributed by atoms with Crippen LogP contribution in [0.2, 0.25) is 0 Å². The van der Waals surface area contributed by atoms with Gasteiger partial charge in [-0.3, -0.25) is 4.99 Å². The molecule has 0 radical (unpaired) electrons. The molecule has 28 heavy (non-hydrogen) atoms. The third kappa shape index (κ3) is 5.77. The fraction of sp³-hybridized carbons (Fsp3) is 0.409. The number of benzene rings is 2. The van der Waals surface area contributed by atoms with E-state index in [-0.39, 0.29) is 24.0 Å². The maximum Gasteiger partial charge on any atom is 0.191 e. The smallest absolute Gasteiger partial charge is 0.191 e. The molecule has 0 fully saturated rings. The molecule has 5 nitrogen and oxygen atoms in total. The maximum absolute atomic E-state index is 5.75. The highest BCUT2D eigenvalue weighted by Gasteiger charge is 2.21. The van der Waals surface area contributed by atoms with Crippen molar-refractivity contribution in [3.05, 3.63) is 59.2 Å². The zero-order chi connectivity index (χ0) is 19.1. The first kappa shape index (κ1) is 22.3. The summed E-state index contributed by atoms with van der Waals surface area (Å²) in [7, 11) is 3.52. The summed E-state index contributed by atoms with van der Waals surface area (Å²) in [6.07, 6.45) is 1.90. The molecule has 1 unspecified atom stereocenters. The summed E-state index contributed by atoms with van der Waals surface area (Å²) in [5.74, 6) is 3.20. The molecule has 3 rings (SSSR count). The first-order valence-corrected chi connectivity index (χ1v) is 9.51. The molecule has 2 aromatic carbocycles. The van der Waals surface area contributed by atoms with Gasteiger partial charge in [-0.2, -0.15) is 0 Å². The zero-order valence-corrected chi connectivity index (χ0v) is 19.2. The van der Waals surface area contributed by atoms with Crippen LogP contribution in [0.15, 0.2) is 47.5 Å². The maximum atomic E-state index is 5.75. The summed E-state index contributed by atoms with van der Waals surface area (Å²) in [5.41, 5.74) is 3.72. The highest BCUT2D eigenvalue weighted by Crippen LogP contribution is 2.32. The van der Waals surface area contributed by atoms with Crippen LogP contribution in [0.25, 0.3) is 0 Å². The number of hydrogen-bond donors (Lipinski definition) is 2. The van der Waals surface area contributed by atoms with Gasteiger partial charge in [0.25, 0.3) is 0 Å². The van der Waals surface area contributed by atoms with Crippen molar-refractivity contribution >= 4 is 29.9 Å². The van der Waals surface area contributed by atoms with Crippen LogP contribution in [0.3, 0.4) is 0 Å². The Bertz CT molecular complexity index is 795. The molecule has 1 atom stereocenters. The summed E-state index contributed by atoms with van der Waals surface area (Å²) in [6, 6.07) is 14.6. The number of aliphatic imine (C=N–C) groups is 1. The standard InChI is InChI=1S/C22H29N3O2.HI/c1-16-8-9-20(26-3)17(14-16)10-12-24-22(23-2)25-15-18-11-13-27-21-7-5-4-6-19(18)21;/h4-9,14,18H,10-13,15H2,1-3H3,(H2,23,24,25);1H. The number of aryl methyl sites for hydroxylation is 1. The average molecular weight is 495 g/mol. The molecule has 0 saturated carbocycles. The first-order chi connectivity index (χ1) is 13.2. The number of para-hydroxylation sites is 1.